The van der Waals surface area contributed by atoms with E-state index < -0.39 is 0 Å². The summed E-state index contributed by atoms with van der Waals surface area (Å²) in [6, 6.07) is 23.2. The summed E-state index contributed by atoms with van der Waals surface area (Å²) in [7, 11) is 19.2. The molecule has 0 bridgehead atoms. The fourth-order valence-corrected chi connectivity index (χ4v) is 5.09. The zero-order valence-corrected chi connectivity index (χ0v) is 19.9. The lowest BCUT2D eigenvalue weighted by Crippen LogP contribution is -2.40. The fraction of sp³-hybridized carbons (Fsp3) is 0.0323. The summed E-state index contributed by atoms with van der Waals surface area (Å²) in [5, 5.41) is 4.13. The Hall–Kier alpha value is -4.11. The maximum atomic E-state index is 6.55. The van der Waals surface area contributed by atoms with Crippen LogP contribution in [0.1, 0.15) is 6.92 Å². The monoisotopic (exact) mass is 455 g/mol. The van der Waals surface area contributed by atoms with Gasteiger partial charge in [0.1, 0.15) is 34.5 Å². The number of aromatic nitrogens is 1. The summed E-state index contributed by atoms with van der Waals surface area (Å²) >= 11 is 0. The van der Waals surface area contributed by atoms with Gasteiger partial charge in [-0.1, -0.05) is 78.2 Å². The third-order valence-electron chi connectivity index (χ3n) is 6.88. The zero-order chi connectivity index (χ0) is 25.0. The minimum absolute atomic E-state index is 0.327. The van der Waals surface area contributed by atoms with Crippen LogP contribution in [0.2, 0.25) is 0 Å². The average molecular weight is 455 g/mol. The van der Waals surface area contributed by atoms with Crippen molar-refractivity contribution >= 4 is 84.9 Å². The highest BCUT2D eigenvalue weighted by molar-refractivity contribution is 6.61. The molecule has 36 heavy (non-hydrogen) atoms. The van der Waals surface area contributed by atoms with E-state index in [0.717, 1.165) is 43.9 Å². The fourth-order valence-electron chi connectivity index (χ4n) is 5.09. The molecular weight excluding hydrogens is 435 g/mol. The van der Waals surface area contributed by atoms with Gasteiger partial charge in [-0.05, 0) is 53.5 Å². The van der Waals surface area contributed by atoms with Crippen molar-refractivity contribution in [2.75, 3.05) is 0 Å². The van der Waals surface area contributed by atoms with Gasteiger partial charge in [0.05, 0.1) is 0 Å². The predicted octanol–water partition coefficient (Wildman–Crippen LogP) is 3.55. The Bertz CT molecular complexity index is 1940. The molecular formula is C31H20B3NO. The first-order valence-corrected chi connectivity index (χ1v) is 11.8. The van der Waals surface area contributed by atoms with Crippen molar-refractivity contribution in [3.05, 3.63) is 90.0 Å². The van der Waals surface area contributed by atoms with Crippen molar-refractivity contribution in [3.63, 3.8) is 0 Å². The van der Waals surface area contributed by atoms with E-state index in [9.17, 15) is 0 Å². The van der Waals surface area contributed by atoms with Gasteiger partial charge in [0, 0.05) is 32.4 Å². The first kappa shape index (κ1) is 22.4. The first-order valence-electron chi connectivity index (χ1n) is 11.8. The number of allylic oxidation sites excluding steroid dienone is 1. The van der Waals surface area contributed by atoms with Crippen LogP contribution < -0.4 is 27.0 Å². The van der Waals surface area contributed by atoms with Gasteiger partial charge in [-0.2, -0.15) is 0 Å². The molecule has 2 aromatic heterocycles. The van der Waals surface area contributed by atoms with E-state index in [4.69, 9.17) is 28.0 Å². The molecule has 0 atom stereocenters. The van der Waals surface area contributed by atoms with Gasteiger partial charge in [-0.25, -0.2) is 0 Å². The molecule has 0 aliphatic carbocycles. The molecule has 2 nitrogen and oxygen atoms in total. The van der Waals surface area contributed by atoms with Crippen LogP contribution in [-0.4, -0.2) is 28.5 Å². The van der Waals surface area contributed by atoms with E-state index in [1.807, 2.05) is 25.1 Å². The van der Waals surface area contributed by atoms with E-state index in [1.54, 1.807) is 6.08 Å². The zero-order valence-electron chi connectivity index (χ0n) is 19.9. The second-order valence-corrected chi connectivity index (χ2v) is 8.90. The number of H-pyrrole nitrogens is 1. The summed E-state index contributed by atoms with van der Waals surface area (Å²) in [5.41, 5.74) is 8.60. The molecule has 6 radical (unpaired) electrons. The molecule has 0 saturated heterocycles. The summed E-state index contributed by atoms with van der Waals surface area (Å²) in [6.07, 6.45) is 5.53. The number of benzene rings is 4. The SMILES string of the molecule is [B]c1c([B])c(-c2ccc(-c3ccc4[nH]c5ccccc5c4c3)cc2)c2c(=C/C=C)/c(=C\C)oc2c1[B]. The summed E-state index contributed by atoms with van der Waals surface area (Å²) in [4.78, 5) is 3.49. The summed E-state index contributed by atoms with van der Waals surface area (Å²) in [5.74, 6) is 0. The van der Waals surface area contributed by atoms with E-state index in [0.29, 0.717) is 27.4 Å². The number of aromatic amines is 1. The molecule has 4 aromatic carbocycles. The highest BCUT2D eigenvalue weighted by Crippen LogP contribution is 2.31. The Labute approximate surface area is 213 Å². The summed E-state index contributed by atoms with van der Waals surface area (Å²) in [6.45, 7) is 5.78. The number of para-hydroxylation sites is 1. The first-order chi connectivity index (χ1) is 17.5. The predicted molar refractivity (Wildman–Crippen MR) is 157 cm³/mol. The molecule has 6 aromatic rings. The molecule has 0 aliphatic rings. The van der Waals surface area contributed by atoms with Gasteiger partial charge < -0.3 is 9.40 Å². The van der Waals surface area contributed by atoms with Gasteiger partial charge in [0.15, 0.2) is 0 Å². The Morgan fingerprint density at radius 2 is 1.47 bits per heavy atom. The third-order valence-corrected chi connectivity index (χ3v) is 6.88. The van der Waals surface area contributed by atoms with E-state index in [1.165, 1.54) is 10.8 Å². The normalized spacial score (nSPS) is 12.8. The average Bonchev–Trinajstić information content (AvgIpc) is 3.46. The Morgan fingerprint density at radius 1 is 0.778 bits per heavy atom. The van der Waals surface area contributed by atoms with Crippen molar-refractivity contribution in [2.24, 2.45) is 0 Å². The highest BCUT2D eigenvalue weighted by atomic mass is 16.3. The van der Waals surface area contributed by atoms with Crippen LogP contribution in [0, 0.1) is 0 Å². The Morgan fingerprint density at radius 3 is 2.22 bits per heavy atom. The van der Waals surface area contributed by atoms with Crippen molar-refractivity contribution in [3.8, 4) is 22.3 Å². The van der Waals surface area contributed by atoms with Crippen molar-refractivity contribution < 1.29 is 4.42 Å². The van der Waals surface area contributed by atoms with Gasteiger partial charge in [-0.3, -0.25) is 0 Å². The van der Waals surface area contributed by atoms with Gasteiger partial charge in [0.2, 0.25) is 0 Å². The van der Waals surface area contributed by atoms with E-state index in [2.05, 4.69) is 72.2 Å². The Kier molecular flexibility index (Phi) is 5.30. The molecule has 0 amide bonds. The minimum atomic E-state index is 0.327. The van der Waals surface area contributed by atoms with Crippen molar-refractivity contribution in [1.82, 2.24) is 4.98 Å². The smallest absolute Gasteiger partial charge is 0.131 e. The molecule has 0 fully saturated rings. The minimum Gasteiger partial charge on any atom is -0.457 e. The van der Waals surface area contributed by atoms with Crippen LogP contribution in [0.3, 0.4) is 0 Å². The molecule has 5 heteroatoms. The molecule has 1 N–H and O–H groups in total. The van der Waals surface area contributed by atoms with Gasteiger partial charge >= 0.3 is 0 Å². The quantitative estimate of drug-likeness (QED) is 0.407. The number of fused-ring (bicyclic) bond motifs is 4. The molecule has 164 valence electrons. The molecule has 0 unspecified atom stereocenters. The topological polar surface area (TPSA) is 28.9 Å². The van der Waals surface area contributed by atoms with Gasteiger partial charge in [-0.15, -0.1) is 5.46 Å². The lowest BCUT2D eigenvalue weighted by Gasteiger charge is -2.15. The molecule has 0 aliphatic heterocycles. The Balaban J connectivity index is 1.54. The number of nitrogens with one attached hydrogen (secondary N) is 1. The molecule has 0 saturated carbocycles. The van der Waals surface area contributed by atoms with Crippen LogP contribution in [0.4, 0.5) is 0 Å². The van der Waals surface area contributed by atoms with Crippen molar-refractivity contribution in [2.45, 2.75) is 6.92 Å². The number of furan rings is 1. The van der Waals surface area contributed by atoms with E-state index >= 15 is 0 Å². The lowest BCUT2D eigenvalue weighted by molar-refractivity contribution is 0.577. The molecule has 2 heterocycles. The maximum Gasteiger partial charge on any atom is 0.131 e. The maximum absolute atomic E-state index is 6.55. The largest absolute Gasteiger partial charge is 0.457 e. The van der Waals surface area contributed by atoms with Crippen molar-refractivity contribution in [1.29, 1.82) is 0 Å². The summed E-state index contributed by atoms with van der Waals surface area (Å²) < 4.78 is 6.09. The number of hydrogen-bond donors (Lipinski definition) is 1. The van der Waals surface area contributed by atoms with Crippen LogP contribution in [-0.2, 0) is 0 Å². The van der Waals surface area contributed by atoms with Crippen LogP contribution in [0.25, 0.3) is 67.2 Å². The second kappa shape index (κ2) is 8.53. The lowest BCUT2D eigenvalue weighted by atomic mass is 9.68. The van der Waals surface area contributed by atoms with Gasteiger partial charge in [0.25, 0.3) is 0 Å². The third kappa shape index (κ3) is 3.31. The molecule has 6 rings (SSSR count). The van der Waals surface area contributed by atoms with Crippen LogP contribution in [0.15, 0.2) is 83.8 Å². The number of hydrogen-bond acceptors (Lipinski definition) is 1. The number of rotatable bonds is 3. The van der Waals surface area contributed by atoms with Crippen LogP contribution >= 0.6 is 0 Å². The molecule has 0 spiro atoms. The highest BCUT2D eigenvalue weighted by Gasteiger charge is 2.17. The van der Waals surface area contributed by atoms with Crippen LogP contribution in [0.5, 0.6) is 0 Å². The second-order valence-electron chi connectivity index (χ2n) is 8.90. The standard InChI is InChI=1S/C31H20B3NO/c1-3-7-21-25(4-2)36-31-27(21)26(28(32)29(33)30(31)34)18-12-10-17(11-13-18)19-14-15-24-22(16-19)20-8-5-6-9-23(20)35-24/h3-16,35H,1H2,2H3/b21-7+,25-4+. The van der Waals surface area contributed by atoms with E-state index in [-0.39, 0.29) is 0 Å².